The number of aryl methyl sites for hydroxylation is 1. The maximum Gasteiger partial charge on any atom is 0.162 e. The van der Waals surface area contributed by atoms with Crippen molar-refractivity contribution in [2.75, 3.05) is 7.11 Å². The molecule has 0 spiro atoms. The van der Waals surface area contributed by atoms with Gasteiger partial charge in [-0.15, -0.1) is 0 Å². The molecule has 0 aliphatic heterocycles. The van der Waals surface area contributed by atoms with Crippen LogP contribution in [0.3, 0.4) is 0 Å². The summed E-state index contributed by atoms with van der Waals surface area (Å²) in [5.74, 6) is -0.192. The Hall–Kier alpha value is -1.59. The molecule has 1 aromatic heterocycles. The summed E-state index contributed by atoms with van der Waals surface area (Å²) in [5, 5.41) is 14.4. The van der Waals surface area contributed by atoms with E-state index in [4.69, 9.17) is 16.3 Å². The first-order valence-electron chi connectivity index (χ1n) is 5.24. The number of aliphatic hydroxyl groups excluding tert-OH is 1. The first kappa shape index (κ1) is 12.9. The molecule has 6 heteroatoms. The van der Waals surface area contributed by atoms with Crippen molar-refractivity contribution in [2.24, 2.45) is 7.05 Å². The third-order valence-corrected chi connectivity index (χ3v) is 3.03. The van der Waals surface area contributed by atoms with Gasteiger partial charge in [-0.05, 0) is 12.1 Å². The lowest BCUT2D eigenvalue weighted by molar-refractivity contribution is 0.199. The predicted octanol–water partition coefficient (Wildman–Crippen LogP) is 2.30. The molecule has 1 unspecified atom stereocenters. The first-order chi connectivity index (χ1) is 8.56. The van der Waals surface area contributed by atoms with Crippen LogP contribution in [0, 0.1) is 5.82 Å². The largest absolute Gasteiger partial charge is 0.493 e. The number of hydrogen-bond donors (Lipinski definition) is 1. The molecule has 18 heavy (non-hydrogen) atoms. The summed E-state index contributed by atoms with van der Waals surface area (Å²) >= 11 is 5.92. The molecule has 0 saturated heterocycles. The van der Waals surface area contributed by atoms with Crippen LogP contribution < -0.4 is 4.74 Å². The molecule has 2 rings (SSSR count). The molecule has 2 aromatic rings. The van der Waals surface area contributed by atoms with E-state index in [-0.39, 0.29) is 10.6 Å². The van der Waals surface area contributed by atoms with Gasteiger partial charge in [-0.2, -0.15) is 5.10 Å². The third kappa shape index (κ3) is 2.07. The van der Waals surface area contributed by atoms with E-state index in [1.165, 1.54) is 36.2 Å². The van der Waals surface area contributed by atoms with Crippen molar-refractivity contribution in [3.05, 3.63) is 46.5 Å². The van der Waals surface area contributed by atoms with Crippen LogP contribution in [-0.4, -0.2) is 22.0 Å². The quantitative estimate of drug-likeness (QED) is 0.931. The number of halogens is 2. The van der Waals surface area contributed by atoms with Crippen molar-refractivity contribution in [2.45, 2.75) is 6.10 Å². The van der Waals surface area contributed by atoms with Crippen molar-refractivity contribution in [3.63, 3.8) is 0 Å². The van der Waals surface area contributed by atoms with E-state index in [1.54, 1.807) is 7.05 Å². The van der Waals surface area contributed by atoms with Crippen LogP contribution in [0.15, 0.2) is 24.4 Å². The lowest BCUT2D eigenvalue weighted by atomic mass is 10.1. The molecule has 96 valence electrons. The van der Waals surface area contributed by atoms with Crippen LogP contribution in [0.4, 0.5) is 4.39 Å². The molecule has 0 aliphatic carbocycles. The van der Waals surface area contributed by atoms with Gasteiger partial charge in [0.05, 0.1) is 13.3 Å². The van der Waals surface area contributed by atoms with Gasteiger partial charge in [0.15, 0.2) is 5.75 Å². The van der Waals surface area contributed by atoms with Crippen LogP contribution in [0.1, 0.15) is 17.4 Å². The Bertz CT molecular complexity index is 551. The summed E-state index contributed by atoms with van der Waals surface area (Å²) in [7, 11) is 3.09. The summed E-state index contributed by atoms with van der Waals surface area (Å²) < 4.78 is 20.2. The Morgan fingerprint density at radius 1 is 1.50 bits per heavy atom. The van der Waals surface area contributed by atoms with E-state index in [0.717, 1.165) is 0 Å². The maximum atomic E-state index is 13.7. The first-order valence-corrected chi connectivity index (χ1v) is 5.62. The highest BCUT2D eigenvalue weighted by Crippen LogP contribution is 2.34. The fraction of sp³-hybridized carbons (Fsp3) is 0.250. The minimum atomic E-state index is -1.24. The van der Waals surface area contributed by atoms with Gasteiger partial charge in [0.2, 0.25) is 0 Å². The second-order valence-electron chi connectivity index (χ2n) is 3.76. The van der Waals surface area contributed by atoms with Crippen LogP contribution in [0.2, 0.25) is 5.02 Å². The third-order valence-electron chi connectivity index (χ3n) is 2.70. The maximum absolute atomic E-state index is 13.7. The normalized spacial score (nSPS) is 12.5. The smallest absolute Gasteiger partial charge is 0.162 e. The molecule has 4 nitrogen and oxygen atoms in total. The fourth-order valence-corrected chi connectivity index (χ4v) is 2.07. The SMILES string of the molecule is COc1cnn(C)c1C(O)c1c(F)cccc1Cl. The zero-order valence-electron chi connectivity index (χ0n) is 9.89. The van der Waals surface area contributed by atoms with Crippen molar-refractivity contribution >= 4 is 11.6 Å². The van der Waals surface area contributed by atoms with E-state index < -0.39 is 11.9 Å². The molecule has 0 radical (unpaired) electrons. The summed E-state index contributed by atoms with van der Waals surface area (Å²) in [6, 6.07) is 4.24. The Kier molecular flexibility index (Phi) is 3.54. The molecule has 0 aliphatic rings. The minimum Gasteiger partial charge on any atom is -0.493 e. The number of hydrogen-bond acceptors (Lipinski definition) is 3. The molecule has 0 saturated carbocycles. The molecule has 1 heterocycles. The zero-order valence-corrected chi connectivity index (χ0v) is 10.6. The average Bonchev–Trinajstić information content (AvgIpc) is 2.70. The number of benzene rings is 1. The molecule has 1 N–H and O–H groups in total. The van der Waals surface area contributed by atoms with Crippen LogP contribution in [-0.2, 0) is 7.05 Å². The number of nitrogens with zero attached hydrogens (tertiary/aromatic N) is 2. The second kappa shape index (κ2) is 4.96. The van der Waals surface area contributed by atoms with E-state index in [0.29, 0.717) is 11.4 Å². The van der Waals surface area contributed by atoms with Gasteiger partial charge >= 0.3 is 0 Å². The highest BCUT2D eigenvalue weighted by atomic mass is 35.5. The summed E-state index contributed by atoms with van der Waals surface area (Å²) in [6.07, 6.45) is 0.217. The Labute approximate surface area is 109 Å². The lowest BCUT2D eigenvalue weighted by Gasteiger charge is -2.15. The fourth-order valence-electron chi connectivity index (χ4n) is 1.80. The monoisotopic (exact) mass is 270 g/mol. The second-order valence-corrected chi connectivity index (χ2v) is 4.17. The summed E-state index contributed by atoms with van der Waals surface area (Å²) in [6.45, 7) is 0. The Morgan fingerprint density at radius 2 is 2.22 bits per heavy atom. The van der Waals surface area contributed by atoms with Gasteiger partial charge in [0, 0.05) is 17.6 Å². The van der Waals surface area contributed by atoms with Crippen molar-refractivity contribution < 1.29 is 14.2 Å². The molecule has 0 fully saturated rings. The highest BCUT2D eigenvalue weighted by molar-refractivity contribution is 6.31. The molecule has 1 atom stereocenters. The molecular weight excluding hydrogens is 259 g/mol. The summed E-state index contributed by atoms with van der Waals surface area (Å²) in [5.41, 5.74) is 0.366. The number of aliphatic hydroxyl groups is 1. The Morgan fingerprint density at radius 3 is 2.83 bits per heavy atom. The van der Waals surface area contributed by atoms with E-state index in [9.17, 15) is 9.50 Å². The molecule has 0 bridgehead atoms. The summed E-state index contributed by atoms with van der Waals surface area (Å²) in [4.78, 5) is 0. The predicted molar refractivity (Wildman–Crippen MR) is 65.2 cm³/mol. The average molecular weight is 271 g/mol. The molecule has 0 amide bonds. The number of methoxy groups -OCH3 is 1. The minimum absolute atomic E-state index is 0.0149. The van der Waals surface area contributed by atoms with Gasteiger partial charge in [0.1, 0.15) is 17.6 Å². The van der Waals surface area contributed by atoms with Crippen molar-refractivity contribution in [1.29, 1.82) is 0 Å². The van der Waals surface area contributed by atoms with Gasteiger partial charge in [-0.1, -0.05) is 17.7 Å². The number of ether oxygens (including phenoxy) is 1. The van der Waals surface area contributed by atoms with Gasteiger partial charge < -0.3 is 9.84 Å². The zero-order chi connectivity index (χ0) is 13.3. The van der Waals surface area contributed by atoms with Gasteiger partial charge in [-0.3, -0.25) is 4.68 Å². The van der Waals surface area contributed by atoms with E-state index >= 15 is 0 Å². The molecular formula is C12H12ClFN2O2. The molecule has 1 aromatic carbocycles. The van der Waals surface area contributed by atoms with Crippen LogP contribution in [0.5, 0.6) is 5.75 Å². The topological polar surface area (TPSA) is 47.3 Å². The van der Waals surface area contributed by atoms with Crippen LogP contribution in [0.25, 0.3) is 0 Å². The van der Waals surface area contributed by atoms with E-state index in [1.807, 2.05) is 0 Å². The van der Waals surface area contributed by atoms with Crippen molar-refractivity contribution in [1.82, 2.24) is 9.78 Å². The van der Waals surface area contributed by atoms with Crippen molar-refractivity contribution in [3.8, 4) is 5.75 Å². The lowest BCUT2D eigenvalue weighted by Crippen LogP contribution is -2.10. The standard InChI is InChI=1S/C12H12ClFN2O2/c1-16-11(9(18-2)6-15-16)12(17)10-7(13)4-3-5-8(10)14/h3-6,12,17H,1-2H3. The number of rotatable bonds is 3. The Balaban J connectivity index is 2.54. The van der Waals surface area contributed by atoms with Gasteiger partial charge in [0.25, 0.3) is 0 Å². The van der Waals surface area contributed by atoms with E-state index in [2.05, 4.69) is 5.10 Å². The van der Waals surface area contributed by atoms with Gasteiger partial charge in [-0.25, -0.2) is 4.39 Å². The number of aromatic nitrogens is 2. The van der Waals surface area contributed by atoms with Crippen LogP contribution >= 0.6 is 11.6 Å². The highest BCUT2D eigenvalue weighted by Gasteiger charge is 2.24.